The Hall–Kier alpha value is -2.93. The van der Waals surface area contributed by atoms with E-state index in [4.69, 9.17) is 4.74 Å². The molecule has 2 aromatic carbocycles. The predicted molar refractivity (Wildman–Crippen MR) is 101 cm³/mol. The molecule has 0 atom stereocenters. The number of nitro groups is 1. The van der Waals surface area contributed by atoms with Gasteiger partial charge in [-0.15, -0.1) is 0 Å². The van der Waals surface area contributed by atoms with Crippen molar-refractivity contribution in [3.05, 3.63) is 63.2 Å². The quantitative estimate of drug-likeness (QED) is 0.607. The van der Waals surface area contributed by atoms with Crippen LogP contribution in [0.5, 0.6) is 5.75 Å². The first-order chi connectivity index (χ1) is 12.3. The van der Waals surface area contributed by atoms with E-state index < -0.39 is 4.92 Å². The second-order valence-electron chi connectivity index (χ2n) is 6.29. The fourth-order valence-corrected chi connectivity index (χ4v) is 2.93. The number of nitrogens with zero attached hydrogens (tertiary/aromatic N) is 2. The average Bonchev–Trinajstić information content (AvgIpc) is 2.54. The SMILES string of the molecule is COc1c(C)cc(CN(C)CC(=O)Nc2ccc([N+](=O)[O-])cc2)cc1C. The van der Waals surface area contributed by atoms with Crippen LogP contribution >= 0.6 is 0 Å². The lowest BCUT2D eigenvalue weighted by Crippen LogP contribution is -2.29. The summed E-state index contributed by atoms with van der Waals surface area (Å²) in [4.78, 5) is 24.2. The van der Waals surface area contributed by atoms with E-state index in [1.165, 1.54) is 24.3 Å². The van der Waals surface area contributed by atoms with E-state index in [9.17, 15) is 14.9 Å². The molecule has 2 rings (SSSR count). The van der Waals surface area contributed by atoms with Crippen LogP contribution in [0, 0.1) is 24.0 Å². The van der Waals surface area contributed by atoms with Crippen molar-refractivity contribution in [2.24, 2.45) is 0 Å². The Morgan fingerprint density at radius 1 is 1.19 bits per heavy atom. The molecule has 0 saturated carbocycles. The highest BCUT2D eigenvalue weighted by Crippen LogP contribution is 2.24. The largest absolute Gasteiger partial charge is 0.496 e. The first-order valence-electron chi connectivity index (χ1n) is 8.17. The van der Waals surface area contributed by atoms with Gasteiger partial charge in [0.05, 0.1) is 18.6 Å². The van der Waals surface area contributed by atoms with E-state index in [0.29, 0.717) is 12.2 Å². The zero-order valence-corrected chi connectivity index (χ0v) is 15.4. The Morgan fingerprint density at radius 2 is 1.77 bits per heavy atom. The summed E-state index contributed by atoms with van der Waals surface area (Å²) in [6.45, 7) is 4.83. The average molecular weight is 357 g/mol. The molecule has 0 heterocycles. The Balaban J connectivity index is 1.93. The van der Waals surface area contributed by atoms with Gasteiger partial charge in [-0.25, -0.2) is 0 Å². The van der Waals surface area contributed by atoms with Gasteiger partial charge >= 0.3 is 0 Å². The zero-order chi connectivity index (χ0) is 19.3. The molecular formula is C19H23N3O4. The van der Waals surface area contributed by atoms with Crippen LogP contribution in [-0.2, 0) is 11.3 Å². The van der Waals surface area contributed by atoms with Crippen molar-refractivity contribution < 1.29 is 14.5 Å². The van der Waals surface area contributed by atoms with Crippen molar-refractivity contribution in [1.82, 2.24) is 4.90 Å². The first kappa shape index (κ1) is 19.4. The number of non-ortho nitro benzene ring substituents is 1. The number of hydrogen-bond donors (Lipinski definition) is 1. The van der Waals surface area contributed by atoms with E-state index in [0.717, 1.165) is 22.4 Å². The smallest absolute Gasteiger partial charge is 0.269 e. The standard InChI is InChI=1S/C19H23N3O4/c1-13-9-15(10-14(2)19(13)26-4)11-21(3)12-18(23)20-16-5-7-17(8-6-16)22(24)25/h5-10H,11-12H2,1-4H3,(H,20,23). The summed E-state index contributed by atoms with van der Waals surface area (Å²) in [5.74, 6) is 0.704. The van der Waals surface area contributed by atoms with Crippen molar-refractivity contribution in [1.29, 1.82) is 0 Å². The minimum atomic E-state index is -0.474. The van der Waals surface area contributed by atoms with Gasteiger partial charge in [0.1, 0.15) is 5.75 Å². The predicted octanol–water partition coefficient (Wildman–Crippen LogP) is 3.29. The maximum atomic E-state index is 12.2. The number of anilines is 1. The van der Waals surface area contributed by atoms with Crippen molar-refractivity contribution >= 4 is 17.3 Å². The monoisotopic (exact) mass is 357 g/mol. The number of nitrogens with one attached hydrogen (secondary N) is 1. The van der Waals surface area contributed by atoms with Crippen molar-refractivity contribution in [2.75, 3.05) is 26.0 Å². The lowest BCUT2D eigenvalue weighted by atomic mass is 10.1. The lowest BCUT2D eigenvalue weighted by Gasteiger charge is -2.18. The number of aryl methyl sites for hydroxylation is 2. The minimum absolute atomic E-state index is 0.00892. The summed E-state index contributed by atoms with van der Waals surface area (Å²) >= 11 is 0. The number of methoxy groups -OCH3 is 1. The molecule has 138 valence electrons. The summed E-state index contributed by atoms with van der Waals surface area (Å²) in [7, 11) is 3.52. The number of benzene rings is 2. The number of amides is 1. The first-order valence-corrected chi connectivity index (χ1v) is 8.17. The van der Waals surface area contributed by atoms with Crippen LogP contribution < -0.4 is 10.1 Å². The van der Waals surface area contributed by atoms with Crippen LogP contribution in [0.3, 0.4) is 0 Å². The van der Waals surface area contributed by atoms with Crippen LogP contribution in [-0.4, -0.2) is 36.4 Å². The highest BCUT2D eigenvalue weighted by Gasteiger charge is 2.11. The Labute approximate surface area is 152 Å². The third kappa shape index (κ3) is 5.03. The van der Waals surface area contributed by atoms with Crippen LogP contribution in [0.4, 0.5) is 11.4 Å². The van der Waals surface area contributed by atoms with Gasteiger partial charge in [-0.2, -0.15) is 0 Å². The molecule has 7 nitrogen and oxygen atoms in total. The highest BCUT2D eigenvalue weighted by atomic mass is 16.6. The lowest BCUT2D eigenvalue weighted by molar-refractivity contribution is -0.384. The van der Waals surface area contributed by atoms with Crippen LogP contribution in [0.2, 0.25) is 0 Å². The van der Waals surface area contributed by atoms with E-state index in [1.54, 1.807) is 7.11 Å². The molecule has 0 bridgehead atoms. The molecule has 0 unspecified atom stereocenters. The Bertz CT molecular complexity index is 780. The van der Waals surface area contributed by atoms with Gasteiger partial charge in [0.15, 0.2) is 0 Å². The van der Waals surface area contributed by atoms with E-state index in [2.05, 4.69) is 17.4 Å². The number of ether oxygens (including phenoxy) is 1. The highest BCUT2D eigenvalue weighted by molar-refractivity contribution is 5.92. The molecule has 7 heteroatoms. The molecule has 0 aliphatic carbocycles. The molecule has 0 aliphatic heterocycles. The number of carbonyl (C=O) groups excluding carboxylic acids is 1. The summed E-state index contributed by atoms with van der Waals surface area (Å²) in [5, 5.41) is 13.4. The number of nitro benzene ring substituents is 1. The van der Waals surface area contributed by atoms with Gasteiger partial charge in [-0.1, -0.05) is 12.1 Å². The van der Waals surface area contributed by atoms with E-state index in [-0.39, 0.29) is 18.1 Å². The van der Waals surface area contributed by atoms with Crippen LogP contribution in [0.15, 0.2) is 36.4 Å². The number of likely N-dealkylation sites (N-methyl/N-ethyl adjacent to an activating group) is 1. The number of hydrogen-bond acceptors (Lipinski definition) is 5. The molecule has 0 aliphatic rings. The molecule has 26 heavy (non-hydrogen) atoms. The molecule has 0 spiro atoms. The molecule has 0 saturated heterocycles. The molecule has 2 aromatic rings. The fraction of sp³-hybridized carbons (Fsp3) is 0.316. The van der Waals surface area contributed by atoms with E-state index in [1.807, 2.05) is 25.8 Å². The molecule has 1 amide bonds. The van der Waals surface area contributed by atoms with Gasteiger partial charge in [0, 0.05) is 24.4 Å². The third-order valence-electron chi connectivity index (χ3n) is 3.95. The summed E-state index contributed by atoms with van der Waals surface area (Å²) in [5.41, 5.74) is 3.75. The van der Waals surface area contributed by atoms with Crippen molar-refractivity contribution in [3.8, 4) is 5.75 Å². The van der Waals surface area contributed by atoms with Crippen LogP contribution in [0.1, 0.15) is 16.7 Å². The normalized spacial score (nSPS) is 10.7. The van der Waals surface area contributed by atoms with Gasteiger partial charge in [0.25, 0.3) is 5.69 Å². The maximum absolute atomic E-state index is 12.2. The summed E-state index contributed by atoms with van der Waals surface area (Å²) in [6.07, 6.45) is 0. The molecule has 0 radical (unpaired) electrons. The zero-order valence-electron chi connectivity index (χ0n) is 15.4. The molecule has 1 N–H and O–H groups in total. The summed E-state index contributed by atoms with van der Waals surface area (Å²) in [6, 6.07) is 9.87. The van der Waals surface area contributed by atoms with E-state index >= 15 is 0 Å². The van der Waals surface area contributed by atoms with Crippen molar-refractivity contribution in [2.45, 2.75) is 20.4 Å². The van der Waals surface area contributed by atoms with Gasteiger partial charge < -0.3 is 10.1 Å². The topological polar surface area (TPSA) is 84.7 Å². The molecule has 0 fully saturated rings. The number of carbonyl (C=O) groups is 1. The number of rotatable bonds is 7. The maximum Gasteiger partial charge on any atom is 0.269 e. The van der Waals surface area contributed by atoms with Gasteiger partial charge in [-0.05, 0) is 49.7 Å². The Morgan fingerprint density at radius 3 is 2.27 bits per heavy atom. The second kappa shape index (κ2) is 8.44. The van der Waals surface area contributed by atoms with Gasteiger partial charge in [-0.3, -0.25) is 19.8 Å². The fourth-order valence-electron chi connectivity index (χ4n) is 2.93. The second-order valence-corrected chi connectivity index (χ2v) is 6.29. The van der Waals surface area contributed by atoms with Gasteiger partial charge in [0.2, 0.25) is 5.91 Å². The molecular weight excluding hydrogens is 334 g/mol. The summed E-state index contributed by atoms with van der Waals surface area (Å²) < 4.78 is 5.37. The third-order valence-corrected chi connectivity index (χ3v) is 3.95. The van der Waals surface area contributed by atoms with Crippen LogP contribution in [0.25, 0.3) is 0 Å². The minimum Gasteiger partial charge on any atom is -0.496 e. The van der Waals surface area contributed by atoms with Crippen molar-refractivity contribution in [3.63, 3.8) is 0 Å². The molecule has 0 aromatic heterocycles. The Kier molecular flexibility index (Phi) is 6.30.